The minimum atomic E-state index is -1.07. The molecule has 5 rings (SSSR count). The lowest BCUT2D eigenvalue weighted by Gasteiger charge is -2.29. The molecule has 1 aromatic carbocycles. The Bertz CT molecular complexity index is 1430. The molecule has 2 atom stereocenters. The van der Waals surface area contributed by atoms with Gasteiger partial charge in [-0.1, -0.05) is 32.0 Å². The molecule has 3 heterocycles. The van der Waals surface area contributed by atoms with E-state index < -0.39 is 23.9 Å². The molecule has 3 aromatic rings. The highest BCUT2D eigenvalue weighted by atomic mass is 32.1. The molecule has 39 heavy (non-hydrogen) atoms. The number of methoxy groups -OCH3 is 1. The number of ether oxygens (including phenoxy) is 2. The zero-order chi connectivity index (χ0) is 27.7. The van der Waals surface area contributed by atoms with Crippen molar-refractivity contribution in [3.8, 4) is 0 Å². The molecule has 0 fully saturated rings. The van der Waals surface area contributed by atoms with Crippen molar-refractivity contribution in [2.24, 2.45) is 5.92 Å². The zero-order valence-electron chi connectivity index (χ0n) is 23.0. The van der Waals surface area contributed by atoms with Crippen molar-refractivity contribution in [3.05, 3.63) is 57.1 Å². The molecule has 0 radical (unpaired) electrons. The number of hydrogen-bond donors (Lipinski definition) is 1. The predicted molar refractivity (Wildman–Crippen MR) is 151 cm³/mol. The average Bonchev–Trinajstić information content (AvgIpc) is 3.27. The molecule has 1 aliphatic heterocycles. The number of carbonyl (C=O) groups excluding carboxylic acids is 3. The number of thiophene rings is 1. The van der Waals surface area contributed by atoms with Gasteiger partial charge >= 0.3 is 11.9 Å². The van der Waals surface area contributed by atoms with E-state index in [9.17, 15) is 14.4 Å². The summed E-state index contributed by atoms with van der Waals surface area (Å²) >= 11 is 1.41. The second kappa shape index (κ2) is 11.4. The van der Waals surface area contributed by atoms with Crippen molar-refractivity contribution < 1.29 is 23.9 Å². The summed E-state index contributed by atoms with van der Waals surface area (Å²) in [6, 6.07) is 7.56. The number of fused-ring (bicyclic) bond motifs is 3. The highest BCUT2D eigenvalue weighted by molar-refractivity contribution is 7.17. The molecule has 2 aromatic heterocycles. The van der Waals surface area contributed by atoms with E-state index in [2.05, 4.69) is 24.1 Å². The van der Waals surface area contributed by atoms with E-state index in [1.807, 2.05) is 24.3 Å². The highest BCUT2D eigenvalue weighted by Crippen LogP contribution is 2.40. The van der Waals surface area contributed by atoms with Crippen LogP contribution in [0, 0.1) is 5.92 Å². The molecule has 1 amide bonds. The van der Waals surface area contributed by atoms with E-state index in [1.54, 1.807) is 6.92 Å². The van der Waals surface area contributed by atoms with Gasteiger partial charge in [0.2, 0.25) is 0 Å². The summed E-state index contributed by atoms with van der Waals surface area (Å²) in [6.45, 7) is 8.33. The number of esters is 2. The number of para-hydroxylation sites is 1. The van der Waals surface area contributed by atoms with Gasteiger partial charge in [0.05, 0.1) is 23.8 Å². The molecule has 2 aliphatic rings. The number of hydrogen-bond acceptors (Lipinski definition) is 8. The molecule has 0 saturated carbocycles. The Morgan fingerprint density at radius 2 is 1.95 bits per heavy atom. The third-order valence-corrected chi connectivity index (χ3v) is 8.83. The van der Waals surface area contributed by atoms with Crippen LogP contribution in [-0.4, -0.2) is 54.0 Å². The number of nitrogens with one attached hydrogen (secondary N) is 1. The van der Waals surface area contributed by atoms with Gasteiger partial charge in [0.15, 0.2) is 6.10 Å². The van der Waals surface area contributed by atoms with Crippen molar-refractivity contribution >= 4 is 45.1 Å². The first kappa shape index (κ1) is 27.3. The Morgan fingerprint density at radius 3 is 2.72 bits per heavy atom. The maximum absolute atomic E-state index is 13.7. The second-order valence-electron chi connectivity index (χ2n) is 10.5. The summed E-state index contributed by atoms with van der Waals surface area (Å²) < 4.78 is 10.8. The van der Waals surface area contributed by atoms with Crippen LogP contribution in [0.25, 0.3) is 10.9 Å². The fraction of sp³-hybridized carbons (Fsp3) is 0.467. The van der Waals surface area contributed by atoms with E-state index in [1.165, 1.54) is 18.4 Å². The van der Waals surface area contributed by atoms with Gasteiger partial charge in [-0.2, -0.15) is 0 Å². The van der Waals surface area contributed by atoms with Gasteiger partial charge in [-0.05, 0) is 56.7 Å². The summed E-state index contributed by atoms with van der Waals surface area (Å²) in [6.07, 6.45) is 3.32. The van der Waals surface area contributed by atoms with E-state index in [4.69, 9.17) is 14.5 Å². The topological polar surface area (TPSA) is 97.8 Å². The third-order valence-electron chi connectivity index (χ3n) is 7.66. The van der Waals surface area contributed by atoms with Crippen LogP contribution in [0.2, 0.25) is 0 Å². The number of amides is 1. The van der Waals surface area contributed by atoms with Crippen LogP contribution in [0.3, 0.4) is 0 Å². The summed E-state index contributed by atoms with van der Waals surface area (Å²) in [5, 5.41) is 4.04. The van der Waals surface area contributed by atoms with Crippen LogP contribution in [0.5, 0.6) is 0 Å². The summed E-state index contributed by atoms with van der Waals surface area (Å²) in [5.74, 6) is -0.980. The quantitative estimate of drug-likeness (QED) is 0.407. The Labute approximate surface area is 232 Å². The molecule has 9 heteroatoms. The van der Waals surface area contributed by atoms with Crippen molar-refractivity contribution in [2.45, 2.75) is 65.5 Å². The van der Waals surface area contributed by atoms with Crippen molar-refractivity contribution in [1.29, 1.82) is 0 Å². The van der Waals surface area contributed by atoms with Gasteiger partial charge in [0, 0.05) is 41.0 Å². The van der Waals surface area contributed by atoms with Crippen LogP contribution >= 0.6 is 11.3 Å². The molecule has 206 valence electrons. The standard InChI is InChI=1S/C30H35N3O5S/c1-5-13-33-14-12-23-21(16-33)25(19-8-6-7-9-22(19)31-23)30(36)38-18(3)27(34)32-28-26(29(35)37-4)20-11-10-17(2)15-24(20)39-28/h6-9,17-18H,5,10-16H2,1-4H3,(H,32,34). The largest absolute Gasteiger partial charge is 0.465 e. The monoisotopic (exact) mass is 549 g/mol. The summed E-state index contributed by atoms with van der Waals surface area (Å²) in [5.41, 5.74) is 4.38. The smallest absolute Gasteiger partial charge is 0.341 e. The first-order chi connectivity index (χ1) is 18.8. The van der Waals surface area contributed by atoms with Crippen LogP contribution in [0.4, 0.5) is 5.00 Å². The maximum Gasteiger partial charge on any atom is 0.341 e. The van der Waals surface area contributed by atoms with Crippen LogP contribution in [0.1, 0.15) is 76.0 Å². The number of aromatic nitrogens is 1. The van der Waals surface area contributed by atoms with Crippen LogP contribution < -0.4 is 5.32 Å². The molecular weight excluding hydrogens is 514 g/mol. The molecular formula is C30H35N3O5S. The van der Waals surface area contributed by atoms with Crippen LogP contribution in [-0.2, 0) is 40.1 Å². The zero-order valence-corrected chi connectivity index (χ0v) is 23.8. The van der Waals surface area contributed by atoms with Gasteiger partial charge in [-0.15, -0.1) is 11.3 Å². The number of carbonyl (C=O) groups is 3. The molecule has 8 nitrogen and oxygen atoms in total. The Morgan fingerprint density at radius 1 is 1.15 bits per heavy atom. The number of rotatable bonds is 7. The lowest BCUT2D eigenvalue weighted by Crippen LogP contribution is -2.34. The van der Waals surface area contributed by atoms with E-state index in [0.29, 0.717) is 28.6 Å². The van der Waals surface area contributed by atoms with Gasteiger partial charge < -0.3 is 14.8 Å². The molecule has 0 bridgehead atoms. The number of pyridine rings is 1. The van der Waals surface area contributed by atoms with Crippen molar-refractivity contribution in [2.75, 3.05) is 25.5 Å². The lowest BCUT2D eigenvalue weighted by molar-refractivity contribution is -0.123. The average molecular weight is 550 g/mol. The first-order valence-corrected chi connectivity index (χ1v) is 14.5. The van der Waals surface area contributed by atoms with E-state index >= 15 is 0 Å². The molecule has 1 aliphatic carbocycles. The molecule has 0 spiro atoms. The van der Waals surface area contributed by atoms with Crippen molar-refractivity contribution in [1.82, 2.24) is 9.88 Å². The van der Waals surface area contributed by atoms with E-state index in [-0.39, 0.29) is 0 Å². The predicted octanol–water partition coefficient (Wildman–Crippen LogP) is 5.16. The van der Waals surface area contributed by atoms with Gasteiger partial charge in [0.1, 0.15) is 5.00 Å². The SMILES string of the molecule is CCCN1CCc2nc3ccccc3c(C(=O)OC(C)C(=O)Nc3sc4c(c3C(=O)OC)CCC(C)C4)c2C1. The number of anilines is 1. The lowest BCUT2D eigenvalue weighted by atomic mass is 9.88. The minimum absolute atomic E-state index is 0.418. The molecule has 0 saturated heterocycles. The first-order valence-electron chi connectivity index (χ1n) is 13.7. The molecule has 1 N–H and O–H groups in total. The highest BCUT2D eigenvalue weighted by Gasteiger charge is 2.32. The van der Waals surface area contributed by atoms with Gasteiger partial charge in [0.25, 0.3) is 5.91 Å². The van der Waals surface area contributed by atoms with Gasteiger partial charge in [-0.3, -0.25) is 14.7 Å². The number of nitrogens with zero attached hydrogens (tertiary/aromatic N) is 2. The Kier molecular flexibility index (Phi) is 8.00. The second-order valence-corrected chi connectivity index (χ2v) is 11.6. The number of benzene rings is 1. The van der Waals surface area contributed by atoms with E-state index in [0.717, 1.165) is 77.8 Å². The fourth-order valence-electron chi connectivity index (χ4n) is 5.63. The summed E-state index contributed by atoms with van der Waals surface area (Å²) in [7, 11) is 1.34. The Balaban J connectivity index is 1.40. The Hall–Kier alpha value is -3.30. The minimum Gasteiger partial charge on any atom is -0.465 e. The van der Waals surface area contributed by atoms with Crippen LogP contribution in [0.15, 0.2) is 24.3 Å². The summed E-state index contributed by atoms with van der Waals surface area (Å²) in [4.78, 5) is 47.8. The molecule has 2 unspecified atom stereocenters. The van der Waals surface area contributed by atoms with Crippen molar-refractivity contribution in [3.63, 3.8) is 0 Å². The fourth-order valence-corrected chi connectivity index (χ4v) is 7.03. The normalized spacial score (nSPS) is 17.7. The third kappa shape index (κ3) is 5.43. The maximum atomic E-state index is 13.7. The van der Waals surface area contributed by atoms with Gasteiger partial charge in [-0.25, -0.2) is 9.59 Å².